The van der Waals surface area contributed by atoms with E-state index in [1.54, 1.807) is 0 Å². The zero-order valence-corrected chi connectivity index (χ0v) is 14.7. The lowest BCUT2D eigenvalue weighted by molar-refractivity contribution is -0.395. The summed E-state index contributed by atoms with van der Waals surface area (Å²) in [5.41, 5.74) is 1.06. The van der Waals surface area contributed by atoms with E-state index in [1.165, 1.54) is 32.1 Å². The van der Waals surface area contributed by atoms with Gasteiger partial charge in [-0.15, -0.1) is 0 Å². The predicted octanol–water partition coefficient (Wildman–Crippen LogP) is 3.50. The van der Waals surface area contributed by atoms with Crippen LogP contribution in [0.15, 0.2) is 0 Å². The minimum Gasteiger partial charge on any atom is -0.368 e. The highest BCUT2D eigenvalue weighted by Crippen LogP contribution is 2.79. The maximum atomic E-state index is 11.1. The van der Waals surface area contributed by atoms with Gasteiger partial charge in [-0.1, -0.05) is 20.8 Å². The van der Waals surface area contributed by atoms with Gasteiger partial charge in [-0.05, 0) is 55.8 Å². The van der Waals surface area contributed by atoms with Crippen LogP contribution < -0.4 is 0 Å². The van der Waals surface area contributed by atoms with Gasteiger partial charge >= 0.3 is 0 Å². The second kappa shape index (κ2) is 3.54. The van der Waals surface area contributed by atoms with E-state index >= 15 is 0 Å². The summed E-state index contributed by atoms with van der Waals surface area (Å²) in [4.78, 5) is 0. The molecular weight excluding hydrogens is 288 g/mol. The number of hydrogen-bond donors (Lipinski definition) is 1. The Kier molecular flexibility index (Phi) is 2.17. The standard InChI is InChI=1S/C20H30O3/c1-16(2)12-5-7-18-10-17(3,14-15(18)23-14)6-4-13(18)19(12)8-9-20(16,21)22-11-19/h12-15,21H,4-11H2,1-3H3. The highest BCUT2D eigenvalue weighted by atomic mass is 16.6. The Morgan fingerprint density at radius 1 is 0.870 bits per heavy atom. The van der Waals surface area contributed by atoms with Gasteiger partial charge in [0.25, 0.3) is 0 Å². The molecule has 2 spiro atoms. The molecule has 0 aromatic heterocycles. The molecule has 3 saturated heterocycles. The summed E-state index contributed by atoms with van der Waals surface area (Å²) < 4.78 is 12.4. The molecule has 0 radical (unpaired) electrons. The lowest BCUT2D eigenvalue weighted by atomic mass is 9.38. The molecule has 8 atom stereocenters. The van der Waals surface area contributed by atoms with E-state index in [9.17, 15) is 5.11 Å². The molecule has 3 heteroatoms. The summed E-state index contributed by atoms with van der Waals surface area (Å²) in [5, 5.41) is 11.1. The smallest absolute Gasteiger partial charge is 0.170 e. The third-order valence-electron chi connectivity index (χ3n) is 9.85. The number of rotatable bonds is 0. The van der Waals surface area contributed by atoms with Crippen molar-refractivity contribution in [3.63, 3.8) is 0 Å². The van der Waals surface area contributed by atoms with Crippen molar-refractivity contribution >= 4 is 0 Å². The predicted molar refractivity (Wildman–Crippen MR) is 85.6 cm³/mol. The van der Waals surface area contributed by atoms with Crippen LogP contribution in [-0.4, -0.2) is 29.7 Å². The van der Waals surface area contributed by atoms with E-state index in [-0.39, 0.29) is 5.41 Å². The fourth-order valence-electron chi connectivity index (χ4n) is 8.76. The summed E-state index contributed by atoms with van der Waals surface area (Å²) in [6.45, 7) is 7.80. The lowest BCUT2D eigenvalue weighted by Crippen LogP contribution is -2.72. The van der Waals surface area contributed by atoms with Gasteiger partial charge in [-0.25, -0.2) is 0 Å². The maximum Gasteiger partial charge on any atom is 0.170 e. The number of aliphatic hydroxyl groups is 1. The van der Waals surface area contributed by atoms with Crippen LogP contribution >= 0.6 is 0 Å². The molecular formula is C20H30O3. The first-order valence-electron chi connectivity index (χ1n) is 9.79. The van der Waals surface area contributed by atoms with Gasteiger partial charge in [0.1, 0.15) is 0 Å². The molecule has 7 fully saturated rings. The van der Waals surface area contributed by atoms with Gasteiger partial charge in [0.05, 0.1) is 18.8 Å². The van der Waals surface area contributed by atoms with Crippen LogP contribution in [0.5, 0.6) is 0 Å². The monoisotopic (exact) mass is 318 g/mol. The van der Waals surface area contributed by atoms with Crippen molar-refractivity contribution in [1.82, 2.24) is 0 Å². The Bertz CT molecular complexity index is 590. The van der Waals surface area contributed by atoms with Crippen molar-refractivity contribution in [2.75, 3.05) is 6.61 Å². The van der Waals surface area contributed by atoms with Gasteiger partial charge in [0.2, 0.25) is 0 Å². The fourth-order valence-corrected chi connectivity index (χ4v) is 8.76. The second-order valence-electron chi connectivity index (χ2n) is 10.8. The average Bonchev–Trinajstić information content (AvgIpc) is 3.27. The summed E-state index contributed by atoms with van der Waals surface area (Å²) in [6.07, 6.45) is 9.76. The Morgan fingerprint density at radius 3 is 2.39 bits per heavy atom. The van der Waals surface area contributed by atoms with E-state index in [4.69, 9.17) is 9.47 Å². The molecule has 0 aromatic rings. The minimum atomic E-state index is -0.888. The van der Waals surface area contributed by atoms with Crippen LogP contribution in [0.1, 0.15) is 65.7 Å². The van der Waals surface area contributed by atoms with E-state index < -0.39 is 5.79 Å². The van der Waals surface area contributed by atoms with E-state index in [0.29, 0.717) is 34.4 Å². The van der Waals surface area contributed by atoms with Crippen LogP contribution in [0.3, 0.4) is 0 Å². The van der Waals surface area contributed by atoms with Gasteiger partial charge in [-0.2, -0.15) is 0 Å². The zero-order valence-electron chi connectivity index (χ0n) is 14.7. The first kappa shape index (κ1) is 14.1. The van der Waals surface area contributed by atoms with Crippen molar-refractivity contribution in [2.45, 2.75) is 83.7 Å². The van der Waals surface area contributed by atoms with Gasteiger partial charge in [-0.3, -0.25) is 0 Å². The largest absolute Gasteiger partial charge is 0.368 e. The molecule has 4 saturated carbocycles. The van der Waals surface area contributed by atoms with Crippen LogP contribution in [0.4, 0.5) is 0 Å². The van der Waals surface area contributed by atoms with E-state index in [0.717, 1.165) is 25.4 Å². The minimum absolute atomic E-state index is 0.117. The summed E-state index contributed by atoms with van der Waals surface area (Å²) in [5.74, 6) is 0.477. The van der Waals surface area contributed by atoms with Gasteiger partial charge < -0.3 is 14.6 Å². The van der Waals surface area contributed by atoms with Crippen LogP contribution in [-0.2, 0) is 9.47 Å². The second-order valence-corrected chi connectivity index (χ2v) is 10.8. The van der Waals surface area contributed by atoms with Crippen molar-refractivity contribution in [1.29, 1.82) is 0 Å². The summed E-state index contributed by atoms with van der Waals surface area (Å²) in [7, 11) is 0. The third kappa shape index (κ3) is 1.26. The van der Waals surface area contributed by atoms with E-state index in [1.807, 2.05) is 0 Å². The first-order valence-corrected chi connectivity index (χ1v) is 9.79. The summed E-state index contributed by atoms with van der Waals surface area (Å²) >= 11 is 0. The Morgan fingerprint density at radius 2 is 1.65 bits per heavy atom. The van der Waals surface area contributed by atoms with Crippen molar-refractivity contribution in [3.05, 3.63) is 0 Å². The molecule has 3 aliphatic heterocycles. The van der Waals surface area contributed by atoms with Crippen molar-refractivity contribution in [3.8, 4) is 0 Å². The highest BCUT2D eigenvalue weighted by Gasteiger charge is 2.80. The molecule has 7 rings (SSSR count). The Balaban J connectivity index is 1.49. The number of ether oxygens (including phenoxy) is 2. The normalized spacial score (nSPS) is 67.3. The van der Waals surface area contributed by atoms with Crippen molar-refractivity contribution < 1.29 is 14.6 Å². The third-order valence-corrected chi connectivity index (χ3v) is 9.85. The number of epoxide rings is 1. The Labute approximate surface area is 139 Å². The SMILES string of the molecule is CC12CCC3C(CCC4C35CCC(O)(OC5)C4(C)C)(C1)C1OC12. The molecule has 8 unspecified atom stereocenters. The van der Waals surface area contributed by atoms with E-state index in [2.05, 4.69) is 20.8 Å². The highest BCUT2D eigenvalue weighted by molar-refractivity contribution is 5.27. The molecule has 3 nitrogen and oxygen atoms in total. The molecule has 7 aliphatic rings. The number of fused-ring (bicyclic) bond motifs is 5. The van der Waals surface area contributed by atoms with Gasteiger partial charge in [0, 0.05) is 22.7 Å². The molecule has 3 heterocycles. The molecule has 23 heavy (non-hydrogen) atoms. The average molecular weight is 318 g/mol. The van der Waals surface area contributed by atoms with Crippen LogP contribution in [0.2, 0.25) is 0 Å². The van der Waals surface area contributed by atoms with Crippen LogP contribution in [0.25, 0.3) is 0 Å². The fraction of sp³-hybridized carbons (Fsp3) is 1.00. The lowest BCUT2D eigenvalue weighted by Gasteiger charge is -2.71. The number of hydrogen-bond acceptors (Lipinski definition) is 3. The first-order chi connectivity index (χ1) is 10.8. The van der Waals surface area contributed by atoms with Crippen LogP contribution in [0, 0.1) is 33.5 Å². The summed E-state index contributed by atoms with van der Waals surface area (Å²) in [6, 6.07) is 0. The molecule has 4 aliphatic carbocycles. The van der Waals surface area contributed by atoms with Crippen molar-refractivity contribution in [2.24, 2.45) is 33.5 Å². The zero-order chi connectivity index (χ0) is 15.9. The Hall–Kier alpha value is -0.120. The molecule has 0 aromatic carbocycles. The molecule has 4 bridgehead atoms. The molecule has 1 N–H and O–H groups in total. The molecule has 0 amide bonds. The van der Waals surface area contributed by atoms with Gasteiger partial charge in [0.15, 0.2) is 5.79 Å². The maximum absolute atomic E-state index is 11.1. The molecule has 128 valence electrons. The topological polar surface area (TPSA) is 42.0 Å². The quantitative estimate of drug-likeness (QED) is 0.695.